The Morgan fingerprint density at radius 3 is 1.46 bits per heavy atom. The van der Waals surface area contributed by atoms with Crippen molar-refractivity contribution in [1.82, 2.24) is 0 Å². The molecule has 0 amide bonds. The van der Waals surface area contributed by atoms with Crippen molar-refractivity contribution in [3.05, 3.63) is 70.8 Å². The highest BCUT2D eigenvalue weighted by Crippen LogP contribution is 2.26. The lowest BCUT2D eigenvalue weighted by atomic mass is 10.2. The van der Waals surface area contributed by atoms with Gasteiger partial charge in [0.25, 0.3) is 0 Å². The summed E-state index contributed by atoms with van der Waals surface area (Å²) in [7, 11) is -2.81. The molecule has 0 bridgehead atoms. The zero-order valence-corrected chi connectivity index (χ0v) is 17.4. The molecule has 0 saturated carbocycles. The molecule has 0 spiro atoms. The van der Waals surface area contributed by atoms with Crippen molar-refractivity contribution in [3.8, 4) is 0 Å². The highest BCUT2D eigenvalue weighted by Gasteiger charge is 2.14. The topological polar surface area (TPSA) is 81.7 Å². The average Bonchev–Trinajstić information content (AvgIpc) is 2.62. The first kappa shape index (κ1) is 21.5. The van der Waals surface area contributed by atoms with E-state index in [0.29, 0.717) is 11.5 Å². The second-order valence-electron chi connectivity index (χ2n) is 5.91. The third kappa shape index (κ3) is 8.27. The molecule has 2 aromatic carbocycles. The molecule has 0 unspecified atom stereocenters. The van der Waals surface area contributed by atoms with Gasteiger partial charge in [0.1, 0.15) is 11.5 Å². The van der Waals surface area contributed by atoms with Crippen LogP contribution in [0.2, 0.25) is 0 Å². The smallest absolute Gasteiger partial charge is 0.326 e. The number of aryl methyl sites for hydroxylation is 2. The standard InChI is InChI=1S/C18H23O5PS2/c1-15-3-7-17(8-4-15)11-25(20)13-22-24(19)23-14-26(21)12-18-9-5-16(2)6-10-18/h3-10,24H,11-14H2,1-2H3/t25-,26-/m0/s1. The Hall–Kier alpha value is -0.790. The quantitative estimate of drug-likeness (QED) is 0.436. The summed E-state index contributed by atoms with van der Waals surface area (Å²) in [5.41, 5.74) is 4.12. The van der Waals surface area contributed by atoms with Crippen molar-refractivity contribution in [2.45, 2.75) is 25.4 Å². The van der Waals surface area contributed by atoms with Crippen molar-refractivity contribution in [1.29, 1.82) is 0 Å². The van der Waals surface area contributed by atoms with Gasteiger partial charge in [-0.05, 0) is 36.2 Å². The average molecular weight is 414 g/mol. The minimum atomic E-state index is -2.81. The van der Waals surface area contributed by atoms with Crippen LogP contribution in [0.15, 0.2) is 48.5 Å². The third-order valence-electron chi connectivity index (χ3n) is 3.51. The van der Waals surface area contributed by atoms with Crippen molar-refractivity contribution in [2.24, 2.45) is 0 Å². The maximum absolute atomic E-state index is 12.0. The van der Waals surface area contributed by atoms with Gasteiger partial charge in [-0.3, -0.25) is 13.6 Å². The van der Waals surface area contributed by atoms with E-state index < -0.39 is 30.6 Å². The molecule has 2 aromatic rings. The van der Waals surface area contributed by atoms with E-state index in [2.05, 4.69) is 0 Å². The van der Waals surface area contributed by atoms with E-state index in [4.69, 9.17) is 9.05 Å². The Morgan fingerprint density at radius 2 is 1.12 bits per heavy atom. The predicted octanol–water partition coefficient (Wildman–Crippen LogP) is 3.84. The van der Waals surface area contributed by atoms with Crippen LogP contribution in [0.3, 0.4) is 0 Å². The molecule has 0 fully saturated rings. The van der Waals surface area contributed by atoms with E-state index in [0.717, 1.165) is 22.3 Å². The molecule has 26 heavy (non-hydrogen) atoms. The molecule has 8 heteroatoms. The zero-order valence-electron chi connectivity index (χ0n) is 14.8. The Bertz CT molecular complexity index is 634. The fourth-order valence-electron chi connectivity index (χ4n) is 2.09. The molecule has 0 aliphatic heterocycles. The van der Waals surface area contributed by atoms with E-state index in [1.165, 1.54) is 0 Å². The normalized spacial score (nSPS) is 13.7. The molecule has 0 radical (unpaired) electrons. The first-order valence-electron chi connectivity index (χ1n) is 8.03. The summed E-state index contributed by atoms with van der Waals surface area (Å²) < 4.78 is 45.6. The van der Waals surface area contributed by atoms with Gasteiger partial charge < -0.3 is 9.11 Å². The van der Waals surface area contributed by atoms with E-state index in [-0.39, 0.29) is 11.9 Å². The van der Waals surface area contributed by atoms with Crippen molar-refractivity contribution in [2.75, 3.05) is 11.9 Å². The molecule has 2 atom stereocenters. The van der Waals surface area contributed by atoms with Gasteiger partial charge in [-0.2, -0.15) is 0 Å². The van der Waals surface area contributed by atoms with Crippen LogP contribution in [-0.4, -0.2) is 21.0 Å². The Labute approximate surface area is 161 Å². The lowest BCUT2D eigenvalue weighted by molar-refractivity contribution is 0.275. The molecule has 0 saturated heterocycles. The van der Waals surface area contributed by atoms with Gasteiger partial charge in [0.15, 0.2) is 0 Å². The number of benzene rings is 2. The first-order chi connectivity index (χ1) is 12.4. The summed E-state index contributed by atoms with van der Waals surface area (Å²) in [4.78, 5) is 0. The maximum Gasteiger partial charge on any atom is 0.326 e. The zero-order chi connectivity index (χ0) is 18.9. The van der Waals surface area contributed by atoms with E-state index in [1.807, 2.05) is 62.4 Å². The highest BCUT2D eigenvalue weighted by molar-refractivity contribution is 7.90. The van der Waals surface area contributed by atoms with Crippen LogP contribution in [0.4, 0.5) is 0 Å². The molecule has 0 aliphatic carbocycles. The van der Waals surface area contributed by atoms with Gasteiger partial charge in [0.05, 0.1) is 0 Å². The van der Waals surface area contributed by atoms with Gasteiger partial charge >= 0.3 is 8.25 Å². The van der Waals surface area contributed by atoms with Gasteiger partial charge in [-0.25, -0.2) is 0 Å². The van der Waals surface area contributed by atoms with Crippen molar-refractivity contribution in [3.63, 3.8) is 0 Å². The molecule has 0 aliphatic rings. The molecule has 0 N–H and O–H groups in total. The fraction of sp³-hybridized carbons (Fsp3) is 0.333. The number of hydrogen-bond donors (Lipinski definition) is 0. The lowest BCUT2D eigenvalue weighted by Crippen LogP contribution is -2.12. The fourth-order valence-corrected chi connectivity index (χ4v) is 5.29. The molecule has 2 rings (SSSR count). The summed E-state index contributed by atoms with van der Waals surface area (Å²) in [6.07, 6.45) is 0. The number of rotatable bonds is 10. The maximum atomic E-state index is 12.0. The summed E-state index contributed by atoms with van der Waals surface area (Å²) in [5, 5.41) is 0. The van der Waals surface area contributed by atoms with Crippen LogP contribution in [-0.2, 0) is 47.5 Å². The van der Waals surface area contributed by atoms with Crippen molar-refractivity contribution >= 4 is 30.6 Å². The van der Waals surface area contributed by atoms with Gasteiger partial charge in [0, 0.05) is 11.1 Å². The molecular weight excluding hydrogens is 391 g/mol. The van der Waals surface area contributed by atoms with E-state index in [1.54, 1.807) is 0 Å². The van der Waals surface area contributed by atoms with Gasteiger partial charge in [-0.1, -0.05) is 59.7 Å². The summed E-state index contributed by atoms with van der Waals surface area (Å²) >= 11 is -2.60. The van der Waals surface area contributed by atoms with E-state index in [9.17, 15) is 13.7 Å². The minimum Gasteiger partial charge on any atom is -0.614 e. The molecule has 142 valence electrons. The van der Waals surface area contributed by atoms with Crippen LogP contribution in [0, 0.1) is 13.8 Å². The minimum absolute atomic E-state index is 0.170. The highest BCUT2D eigenvalue weighted by atomic mass is 32.2. The second kappa shape index (κ2) is 11.1. The Kier molecular flexibility index (Phi) is 9.22. The molecule has 0 heterocycles. The number of hydrogen-bond acceptors (Lipinski definition) is 5. The first-order valence-corrected chi connectivity index (χ1v) is 12.2. The van der Waals surface area contributed by atoms with Crippen LogP contribution >= 0.6 is 8.25 Å². The predicted molar refractivity (Wildman–Crippen MR) is 107 cm³/mol. The van der Waals surface area contributed by atoms with Gasteiger partial charge in [0.2, 0.25) is 11.9 Å². The SMILES string of the molecule is Cc1ccc(C[S@+]([O-])CO[PH](=O)OC[S@@+]([O-])Cc2ccc(C)cc2)cc1. The second-order valence-corrected chi connectivity index (χ2v) is 9.80. The molecular formula is C18H23O5PS2. The third-order valence-corrected chi connectivity index (χ3v) is 6.76. The van der Waals surface area contributed by atoms with Crippen LogP contribution in [0.25, 0.3) is 0 Å². The van der Waals surface area contributed by atoms with Crippen LogP contribution < -0.4 is 0 Å². The Balaban J connectivity index is 1.64. The molecule has 0 aromatic heterocycles. The molecule has 5 nitrogen and oxygen atoms in total. The van der Waals surface area contributed by atoms with Crippen LogP contribution in [0.1, 0.15) is 22.3 Å². The Morgan fingerprint density at radius 1 is 0.769 bits per heavy atom. The summed E-state index contributed by atoms with van der Waals surface area (Å²) in [5.74, 6) is 0.316. The largest absolute Gasteiger partial charge is 0.614 e. The monoisotopic (exact) mass is 414 g/mol. The lowest BCUT2D eigenvalue weighted by Gasteiger charge is -2.13. The van der Waals surface area contributed by atoms with E-state index >= 15 is 0 Å². The van der Waals surface area contributed by atoms with Crippen LogP contribution in [0.5, 0.6) is 0 Å². The summed E-state index contributed by atoms with van der Waals surface area (Å²) in [6, 6.07) is 15.4. The van der Waals surface area contributed by atoms with Gasteiger partial charge in [-0.15, -0.1) is 0 Å². The van der Waals surface area contributed by atoms with Crippen molar-refractivity contribution < 1.29 is 22.7 Å². The summed E-state index contributed by atoms with van der Waals surface area (Å²) in [6.45, 7) is 3.96.